The van der Waals surface area contributed by atoms with E-state index in [4.69, 9.17) is 4.42 Å². The van der Waals surface area contributed by atoms with Crippen molar-refractivity contribution in [3.05, 3.63) is 65.9 Å². The highest BCUT2D eigenvalue weighted by Crippen LogP contribution is 2.22. The standard InChI is InChI=1S/C22H25N3O3/c1-14(2)23-21(26)19-13-28-20(24-19)12-25(15(3)4)22(27)18-11-7-9-16-8-5-6-10-17(16)18/h5-11,13-15H,12H2,1-4H3,(H,23,26). The zero-order valence-electron chi connectivity index (χ0n) is 16.6. The van der Waals surface area contributed by atoms with Gasteiger partial charge in [-0.15, -0.1) is 0 Å². The Morgan fingerprint density at radius 2 is 1.79 bits per heavy atom. The average Bonchev–Trinajstić information content (AvgIpc) is 3.13. The van der Waals surface area contributed by atoms with Gasteiger partial charge in [-0.1, -0.05) is 36.4 Å². The minimum Gasteiger partial charge on any atom is -0.446 e. The van der Waals surface area contributed by atoms with Crippen molar-refractivity contribution >= 4 is 22.6 Å². The second kappa shape index (κ2) is 8.25. The largest absolute Gasteiger partial charge is 0.446 e. The van der Waals surface area contributed by atoms with E-state index < -0.39 is 0 Å². The molecule has 0 fully saturated rings. The Hall–Kier alpha value is -3.15. The number of hydrogen-bond acceptors (Lipinski definition) is 4. The summed E-state index contributed by atoms with van der Waals surface area (Å²) in [6.07, 6.45) is 1.33. The van der Waals surface area contributed by atoms with Gasteiger partial charge >= 0.3 is 0 Å². The molecule has 3 aromatic rings. The third-order valence-corrected chi connectivity index (χ3v) is 4.41. The quantitative estimate of drug-likeness (QED) is 0.702. The molecule has 6 nitrogen and oxygen atoms in total. The van der Waals surface area contributed by atoms with E-state index in [0.29, 0.717) is 11.5 Å². The molecule has 1 N–H and O–H groups in total. The van der Waals surface area contributed by atoms with Crippen LogP contribution in [0.25, 0.3) is 10.8 Å². The van der Waals surface area contributed by atoms with Crippen molar-refractivity contribution in [2.75, 3.05) is 0 Å². The summed E-state index contributed by atoms with van der Waals surface area (Å²) in [4.78, 5) is 31.3. The maximum absolute atomic E-state index is 13.3. The maximum atomic E-state index is 13.3. The van der Waals surface area contributed by atoms with E-state index in [2.05, 4.69) is 10.3 Å². The highest BCUT2D eigenvalue weighted by molar-refractivity contribution is 6.07. The molecule has 1 aromatic heterocycles. The number of oxazole rings is 1. The van der Waals surface area contributed by atoms with Gasteiger partial charge in [0.15, 0.2) is 5.69 Å². The molecule has 0 spiro atoms. The topological polar surface area (TPSA) is 75.4 Å². The normalized spacial score (nSPS) is 11.2. The Kier molecular flexibility index (Phi) is 5.78. The van der Waals surface area contributed by atoms with Gasteiger partial charge in [0.1, 0.15) is 6.26 Å². The minimum atomic E-state index is -0.290. The molecule has 2 amide bonds. The van der Waals surface area contributed by atoms with Crippen molar-refractivity contribution in [1.82, 2.24) is 15.2 Å². The number of nitrogens with one attached hydrogen (secondary N) is 1. The van der Waals surface area contributed by atoms with Crippen molar-refractivity contribution in [2.24, 2.45) is 0 Å². The van der Waals surface area contributed by atoms with E-state index in [-0.39, 0.29) is 36.1 Å². The van der Waals surface area contributed by atoms with Crippen molar-refractivity contribution in [2.45, 2.75) is 46.3 Å². The Morgan fingerprint density at radius 3 is 2.50 bits per heavy atom. The van der Waals surface area contributed by atoms with Crippen molar-refractivity contribution in [1.29, 1.82) is 0 Å². The molecule has 0 bridgehead atoms. The van der Waals surface area contributed by atoms with Crippen LogP contribution in [-0.4, -0.2) is 33.8 Å². The molecule has 0 saturated carbocycles. The van der Waals surface area contributed by atoms with E-state index in [1.807, 2.05) is 70.2 Å². The SMILES string of the molecule is CC(C)NC(=O)c1coc(CN(C(=O)c2cccc3ccccc23)C(C)C)n1. The van der Waals surface area contributed by atoms with Crippen LogP contribution in [0.2, 0.25) is 0 Å². The molecule has 0 radical (unpaired) electrons. The molecule has 0 atom stereocenters. The smallest absolute Gasteiger partial charge is 0.273 e. The lowest BCUT2D eigenvalue weighted by atomic mass is 10.0. The molecule has 0 aliphatic heterocycles. The summed E-state index contributed by atoms with van der Waals surface area (Å²) in [6, 6.07) is 13.4. The van der Waals surface area contributed by atoms with Gasteiger partial charge in [-0.25, -0.2) is 4.98 Å². The van der Waals surface area contributed by atoms with Gasteiger partial charge in [-0.05, 0) is 44.5 Å². The van der Waals surface area contributed by atoms with Crippen LogP contribution in [0.1, 0.15) is 54.4 Å². The summed E-state index contributed by atoms with van der Waals surface area (Å²) in [6.45, 7) is 7.83. The van der Waals surface area contributed by atoms with Crippen molar-refractivity contribution < 1.29 is 14.0 Å². The van der Waals surface area contributed by atoms with Gasteiger partial charge in [-0.3, -0.25) is 9.59 Å². The number of amides is 2. The van der Waals surface area contributed by atoms with Crippen LogP contribution in [0.3, 0.4) is 0 Å². The lowest BCUT2D eigenvalue weighted by Crippen LogP contribution is -2.36. The third kappa shape index (κ3) is 4.22. The van der Waals surface area contributed by atoms with E-state index in [1.165, 1.54) is 6.26 Å². The molecule has 0 saturated heterocycles. The number of benzene rings is 2. The molecule has 0 aliphatic carbocycles. The third-order valence-electron chi connectivity index (χ3n) is 4.41. The number of carbonyl (C=O) groups is 2. The fourth-order valence-electron chi connectivity index (χ4n) is 3.03. The van der Waals surface area contributed by atoms with E-state index in [1.54, 1.807) is 4.90 Å². The monoisotopic (exact) mass is 379 g/mol. The Balaban J connectivity index is 1.85. The molecular formula is C22H25N3O3. The summed E-state index contributed by atoms with van der Waals surface area (Å²) >= 11 is 0. The van der Waals surface area contributed by atoms with Gasteiger partial charge in [0.2, 0.25) is 5.89 Å². The molecular weight excluding hydrogens is 354 g/mol. The first-order chi connectivity index (χ1) is 13.4. The molecule has 28 heavy (non-hydrogen) atoms. The van der Waals surface area contributed by atoms with Crippen LogP contribution in [0.15, 0.2) is 53.1 Å². The number of rotatable bonds is 6. The van der Waals surface area contributed by atoms with Gasteiger partial charge < -0.3 is 14.6 Å². The van der Waals surface area contributed by atoms with Crippen molar-refractivity contribution in [3.63, 3.8) is 0 Å². The first-order valence-corrected chi connectivity index (χ1v) is 9.40. The molecule has 2 aromatic carbocycles. The van der Waals surface area contributed by atoms with Crippen molar-refractivity contribution in [3.8, 4) is 0 Å². The second-order valence-electron chi connectivity index (χ2n) is 7.31. The maximum Gasteiger partial charge on any atom is 0.273 e. The molecule has 1 heterocycles. The van der Waals surface area contributed by atoms with Gasteiger partial charge in [0.25, 0.3) is 11.8 Å². The molecule has 146 valence electrons. The van der Waals surface area contributed by atoms with Crippen LogP contribution >= 0.6 is 0 Å². The molecule has 6 heteroatoms. The average molecular weight is 379 g/mol. The Morgan fingerprint density at radius 1 is 1.07 bits per heavy atom. The van der Waals surface area contributed by atoms with Gasteiger partial charge in [0, 0.05) is 17.6 Å². The fraction of sp³-hybridized carbons (Fsp3) is 0.318. The van der Waals surface area contributed by atoms with E-state index in [0.717, 1.165) is 10.8 Å². The highest BCUT2D eigenvalue weighted by atomic mass is 16.3. The number of aromatic nitrogens is 1. The Labute approximate surface area is 164 Å². The number of fused-ring (bicyclic) bond motifs is 1. The van der Waals surface area contributed by atoms with Gasteiger partial charge in [-0.2, -0.15) is 0 Å². The first-order valence-electron chi connectivity index (χ1n) is 9.40. The van der Waals surface area contributed by atoms with Crippen LogP contribution in [-0.2, 0) is 6.54 Å². The van der Waals surface area contributed by atoms with E-state index in [9.17, 15) is 9.59 Å². The Bertz CT molecular complexity index is 986. The van der Waals surface area contributed by atoms with E-state index >= 15 is 0 Å². The number of nitrogens with zero attached hydrogens (tertiary/aromatic N) is 2. The van der Waals surface area contributed by atoms with Crippen LogP contribution in [0.4, 0.5) is 0 Å². The summed E-state index contributed by atoms with van der Waals surface area (Å²) < 4.78 is 5.46. The fourth-order valence-corrected chi connectivity index (χ4v) is 3.03. The minimum absolute atomic E-state index is 0.00718. The predicted octanol–water partition coefficient (Wildman–Crippen LogP) is 4.02. The lowest BCUT2D eigenvalue weighted by molar-refractivity contribution is 0.0674. The van der Waals surface area contributed by atoms with Crippen LogP contribution in [0.5, 0.6) is 0 Å². The van der Waals surface area contributed by atoms with Crippen LogP contribution in [0, 0.1) is 0 Å². The zero-order chi connectivity index (χ0) is 20.3. The summed E-state index contributed by atoms with van der Waals surface area (Å²) in [7, 11) is 0. The molecule has 0 unspecified atom stereocenters. The summed E-state index contributed by atoms with van der Waals surface area (Å²) in [5, 5.41) is 4.70. The summed E-state index contributed by atoms with van der Waals surface area (Å²) in [5.74, 6) is -0.0594. The number of hydrogen-bond donors (Lipinski definition) is 1. The lowest BCUT2D eigenvalue weighted by Gasteiger charge is -2.26. The molecule has 3 rings (SSSR count). The predicted molar refractivity (Wildman–Crippen MR) is 108 cm³/mol. The summed E-state index contributed by atoms with van der Waals surface area (Å²) in [5.41, 5.74) is 0.848. The van der Waals surface area contributed by atoms with Crippen LogP contribution < -0.4 is 5.32 Å². The van der Waals surface area contributed by atoms with Gasteiger partial charge in [0.05, 0.1) is 6.54 Å². The first kappa shape index (κ1) is 19.6. The second-order valence-corrected chi connectivity index (χ2v) is 7.31. The number of carbonyl (C=O) groups excluding carboxylic acids is 2. The molecule has 0 aliphatic rings. The zero-order valence-corrected chi connectivity index (χ0v) is 16.6. The highest BCUT2D eigenvalue weighted by Gasteiger charge is 2.23.